The minimum absolute atomic E-state index is 0.240. The maximum absolute atomic E-state index is 12.1. The first-order chi connectivity index (χ1) is 13.8. The number of carbonyl (C=O) groups excluding carboxylic acids is 3. The fourth-order valence-electron chi connectivity index (χ4n) is 2.46. The molecule has 29 heavy (non-hydrogen) atoms. The average molecular weight is 419 g/mol. The fourth-order valence-corrected chi connectivity index (χ4v) is 2.59. The Kier molecular flexibility index (Phi) is 8.03. The summed E-state index contributed by atoms with van der Waals surface area (Å²) in [5, 5.41) is 5.76. The highest BCUT2D eigenvalue weighted by molar-refractivity contribution is 6.30. The molecule has 0 aromatic heterocycles. The number of rotatable bonds is 8. The van der Waals surface area contributed by atoms with Gasteiger partial charge in [-0.05, 0) is 56.2 Å². The monoisotopic (exact) mass is 418 g/mol. The van der Waals surface area contributed by atoms with Crippen molar-refractivity contribution < 1.29 is 23.9 Å². The second-order valence-corrected chi connectivity index (χ2v) is 6.84. The summed E-state index contributed by atoms with van der Waals surface area (Å²) in [5.74, 6) is -1.21. The largest absolute Gasteiger partial charge is 0.482 e. The Morgan fingerprint density at radius 2 is 1.66 bits per heavy atom. The number of amides is 2. The zero-order valence-electron chi connectivity index (χ0n) is 16.5. The standard InChI is InChI=1S/C21H23ClN2O5/c1-13-5-4-6-14(2)20(13)24-18(25)11-23-21(27)15(3)29-19(26)12-28-17-9-7-16(22)8-10-17/h4-10,15H,11-12H2,1-3H3,(H,23,27)(H,24,25). The minimum Gasteiger partial charge on any atom is -0.482 e. The molecule has 0 heterocycles. The molecule has 0 aliphatic heterocycles. The summed E-state index contributed by atoms with van der Waals surface area (Å²) in [5.41, 5.74) is 2.56. The Hall–Kier alpha value is -3.06. The van der Waals surface area contributed by atoms with Gasteiger partial charge in [-0.3, -0.25) is 9.59 Å². The highest BCUT2D eigenvalue weighted by Gasteiger charge is 2.19. The summed E-state index contributed by atoms with van der Waals surface area (Å²) in [4.78, 5) is 36.0. The van der Waals surface area contributed by atoms with E-state index < -0.39 is 18.0 Å². The van der Waals surface area contributed by atoms with E-state index in [1.807, 2.05) is 32.0 Å². The van der Waals surface area contributed by atoms with Crippen molar-refractivity contribution in [2.75, 3.05) is 18.5 Å². The van der Waals surface area contributed by atoms with Crippen molar-refractivity contribution in [3.05, 3.63) is 58.6 Å². The predicted molar refractivity (Wildman–Crippen MR) is 110 cm³/mol. The van der Waals surface area contributed by atoms with Crippen LogP contribution in [0.1, 0.15) is 18.1 Å². The van der Waals surface area contributed by atoms with Crippen LogP contribution in [-0.4, -0.2) is 37.0 Å². The van der Waals surface area contributed by atoms with Gasteiger partial charge in [-0.2, -0.15) is 0 Å². The summed E-state index contributed by atoms with van der Waals surface area (Å²) < 4.78 is 10.3. The van der Waals surface area contributed by atoms with E-state index in [1.54, 1.807) is 24.3 Å². The molecule has 0 spiro atoms. The van der Waals surface area contributed by atoms with E-state index in [0.29, 0.717) is 16.5 Å². The van der Waals surface area contributed by atoms with E-state index in [2.05, 4.69) is 10.6 Å². The first kappa shape index (κ1) is 22.2. The van der Waals surface area contributed by atoms with Crippen LogP contribution in [0.5, 0.6) is 5.75 Å². The van der Waals surface area contributed by atoms with Crippen LogP contribution in [0.3, 0.4) is 0 Å². The number of para-hydroxylation sites is 1. The van der Waals surface area contributed by atoms with Crippen molar-refractivity contribution in [3.63, 3.8) is 0 Å². The van der Waals surface area contributed by atoms with Crippen molar-refractivity contribution >= 4 is 35.1 Å². The van der Waals surface area contributed by atoms with Gasteiger partial charge in [-0.15, -0.1) is 0 Å². The molecule has 0 bridgehead atoms. The van der Waals surface area contributed by atoms with Gasteiger partial charge in [-0.1, -0.05) is 29.8 Å². The van der Waals surface area contributed by atoms with Crippen molar-refractivity contribution in [1.82, 2.24) is 5.32 Å². The molecule has 0 fully saturated rings. The van der Waals surface area contributed by atoms with Crippen molar-refractivity contribution in [2.45, 2.75) is 26.9 Å². The van der Waals surface area contributed by atoms with Crippen molar-refractivity contribution in [3.8, 4) is 5.75 Å². The molecule has 154 valence electrons. The Labute approximate surface area is 174 Å². The van der Waals surface area contributed by atoms with Gasteiger partial charge in [0.25, 0.3) is 5.91 Å². The van der Waals surface area contributed by atoms with E-state index >= 15 is 0 Å². The lowest BCUT2D eigenvalue weighted by Gasteiger charge is -2.15. The summed E-state index contributed by atoms with van der Waals surface area (Å²) in [7, 11) is 0. The Bertz CT molecular complexity index is 863. The molecule has 1 atom stereocenters. The zero-order valence-corrected chi connectivity index (χ0v) is 17.2. The molecule has 0 saturated heterocycles. The van der Waals surface area contributed by atoms with E-state index in [-0.39, 0.29) is 19.1 Å². The van der Waals surface area contributed by atoms with E-state index in [9.17, 15) is 14.4 Å². The molecule has 8 heteroatoms. The Balaban J connectivity index is 1.74. The molecule has 0 saturated carbocycles. The molecular weight excluding hydrogens is 396 g/mol. The Morgan fingerprint density at radius 1 is 1.03 bits per heavy atom. The van der Waals surface area contributed by atoms with Gasteiger partial charge in [0.05, 0.1) is 6.54 Å². The van der Waals surface area contributed by atoms with Crippen molar-refractivity contribution in [2.24, 2.45) is 0 Å². The third-order valence-corrected chi connectivity index (χ3v) is 4.27. The lowest BCUT2D eigenvalue weighted by molar-refractivity contribution is -0.156. The van der Waals surface area contributed by atoms with E-state index in [1.165, 1.54) is 6.92 Å². The molecule has 7 nitrogen and oxygen atoms in total. The fraction of sp³-hybridized carbons (Fsp3) is 0.286. The van der Waals surface area contributed by atoms with Gasteiger partial charge in [-0.25, -0.2) is 4.79 Å². The lowest BCUT2D eigenvalue weighted by Crippen LogP contribution is -2.40. The number of aryl methyl sites for hydroxylation is 2. The number of ether oxygens (including phenoxy) is 2. The number of benzene rings is 2. The SMILES string of the molecule is Cc1cccc(C)c1NC(=O)CNC(=O)C(C)OC(=O)COc1ccc(Cl)cc1. The lowest BCUT2D eigenvalue weighted by atomic mass is 10.1. The first-order valence-corrected chi connectivity index (χ1v) is 9.35. The van der Waals surface area contributed by atoms with Gasteiger partial charge >= 0.3 is 5.97 Å². The summed E-state index contributed by atoms with van der Waals surface area (Å²) >= 11 is 5.77. The number of carbonyl (C=O) groups is 3. The highest BCUT2D eigenvalue weighted by Crippen LogP contribution is 2.19. The van der Waals surface area contributed by atoms with Gasteiger partial charge in [0, 0.05) is 10.7 Å². The van der Waals surface area contributed by atoms with Gasteiger partial charge in [0.1, 0.15) is 5.75 Å². The highest BCUT2D eigenvalue weighted by atomic mass is 35.5. The molecule has 0 radical (unpaired) electrons. The van der Waals surface area contributed by atoms with Crippen LogP contribution in [0.2, 0.25) is 5.02 Å². The number of nitrogens with one attached hydrogen (secondary N) is 2. The Morgan fingerprint density at radius 3 is 2.28 bits per heavy atom. The number of hydrogen-bond donors (Lipinski definition) is 2. The third-order valence-electron chi connectivity index (χ3n) is 4.02. The van der Waals surface area contributed by atoms with Gasteiger partial charge < -0.3 is 20.1 Å². The molecular formula is C21H23ClN2O5. The van der Waals surface area contributed by atoms with Crippen LogP contribution in [0, 0.1) is 13.8 Å². The molecule has 2 N–H and O–H groups in total. The van der Waals surface area contributed by atoms with E-state index in [4.69, 9.17) is 21.1 Å². The predicted octanol–water partition coefficient (Wildman–Crippen LogP) is 3.02. The number of anilines is 1. The normalized spacial score (nSPS) is 11.3. The quantitative estimate of drug-likeness (QED) is 0.643. The van der Waals surface area contributed by atoms with Crippen molar-refractivity contribution in [1.29, 1.82) is 0 Å². The minimum atomic E-state index is -1.07. The molecule has 2 aromatic carbocycles. The second-order valence-electron chi connectivity index (χ2n) is 6.41. The van der Waals surface area contributed by atoms with Gasteiger partial charge in [0.2, 0.25) is 5.91 Å². The smallest absolute Gasteiger partial charge is 0.344 e. The maximum Gasteiger partial charge on any atom is 0.344 e. The number of esters is 1. The second kappa shape index (κ2) is 10.5. The maximum atomic E-state index is 12.1. The van der Waals surface area contributed by atoms with Crippen LogP contribution < -0.4 is 15.4 Å². The molecule has 1 unspecified atom stereocenters. The number of halogens is 1. The zero-order chi connectivity index (χ0) is 21.4. The van der Waals surface area contributed by atoms with Crippen LogP contribution in [0.4, 0.5) is 5.69 Å². The topological polar surface area (TPSA) is 93.7 Å². The summed E-state index contributed by atoms with van der Waals surface area (Å²) in [6.07, 6.45) is -1.07. The molecule has 0 aliphatic rings. The summed E-state index contributed by atoms with van der Waals surface area (Å²) in [6, 6.07) is 12.1. The summed E-state index contributed by atoms with van der Waals surface area (Å²) in [6.45, 7) is 4.59. The van der Waals surface area contributed by atoms with E-state index in [0.717, 1.165) is 11.1 Å². The molecule has 0 aliphatic carbocycles. The van der Waals surface area contributed by atoms with Crippen LogP contribution in [0.15, 0.2) is 42.5 Å². The van der Waals surface area contributed by atoms with Crippen LogP contribution in [0.25, 0.3) is 0 Å². The third kappa shape index (κ3) is 7.12. The molecule has 2 aromatic rings. The molecule has 2 amide bonds. The molecule has 2 rings (SSSR count). The average Bonchev–Trinajstić information content (AvgIpc) is 2.68. The van der Waals surface area contributed by atoms with Crippen LogP contribution >= 0.6 is 11.6 Å². The van der Waals surface area contributed by atoms with Gasteiger partial charge in [0.15, 0.2) is 12.7 Å². The number of hydrogen-bond acceptors (Lipinski definition) is 5. The first-order valence-electron chi connectivity index (χ1n) is 8.98. The van der Waals surface area contributed by atoms with Crippen LogP contribution in [-0.2, 0) is 19.1 Å².